The third-order valence-electron chi connectivity index (χ3n) is 6.04. The van der Waals surface area contributed by atoms with Crippen molar-refractivity contribution in [3.8, 4) is 5.75 Å². The monoisotopic (exact) mass is 534 g/mol. The van der Waals surface area contributed by atoms with Crippen molar-refractivity contribution in [2.75, 3.05) is 39.8 Å². The van der Waals surface area contributed by atoms with Crippen LogP contribution in [0.4, 0.5) is 0 Å². The number of ether oxygens (including phenoxy) is 2. The Bertz CT molecular complexity index is 1230. The van der Waals surface area contributed by atoms with Gasteiger partial charge in [0.1, 0.15) is 10.6 Å². The molecule has 4 rings (SSSR count). The van der Waals surface area contributed by atoms with Crippen LogP contribution in [0.2, 0.25) is 10.0 Å². The molecule has 0 bridgehead atoms. The molecule has 1 heterocycles. The fourth-order valence-electron chi connectivity index (χ4n) is 4.07. The number of piperazine rings is 1. The van der Waals surface area contributed by atoms with Gasteiger partial charge in [-0.15, -0.1) is 0 Å². The molecule has 0 aliphatic carbocycles. The second-order valence-electron chi connectivity index (χ2n) is 8.34. The van der Waals surface area contributed by atoms with Crippen LogP contribution in [-0.2, 0) is 21.4 Å². The molecule has 35 heavy (non-hydrogen) atoms. The molecule has 0 spiro atoms. The Morgan fingerprint density at radius 1 is 0.914 bits per heavy atom. The summed E-state index contributed by atoms with van der Waals surface area (Å²) in [6, 6.07) is 22.0. The second kappa shape index (κ2) is 11.7. The number of sulfonamides is 1. The molecule has 1 aliphatic heterocycles. The highest BCUT2D eigenvalue weighted by Crippen LogP contribution is 2.27. The first kappa shape index (κ1) is 25.9. The van der Waals surface area contributed by atoms with Crippen LogP contribution in [-0.4, -0.2) is 57.5 Å². The van der Waals surface area contributed by atoms with Gasteiger partial charge in [-0.05, 0) is 47.5 Å². The maximum atomic E-state index is 13.1. The minimum atomic E-state index is -3.64. The Balaban J connectivity index is 1.43. The van der Waals surface area contributed by atoms with Gasteiger partial charge in [-0.3, -0.25) is 4.90 Å². The molecule has 3 aromatic carbocycles. The number of halogens is 2. The standard InChI is InChI=1S/C26H28Cl2N2O4S/c1-33-23-6-4-5-20(17-23)19-34-25(21-9-11-22(27)12-10-21)18-29-13-15-30(16-14-29)35(31,32)26-8-3-2-7-24(26)28/h2-12,17,25H,13-16,18-19H2,1H3/t25-/m0/s1. The van der Waals surface area contributed by atoms with Crippen molar-refractivity contribution in [2.45, 2.75) is 17.6 Å². The van der Waals surface area contributed by atoms with Crippen LogP contribution in [0, 0.1) is 0 Å². The molecule has 0 N–H and O–H groups in total. The molecule has 1 saturated heterocycles. The summed E-state index contributed by atoms with van der Waals surface area (Å²) < 4.78 is 39.3. The van der Waals surface area contributed by atoms with E-state index in [0.717, 1.165) is 16.9 Å². The van der Waals surface area contributed by atoms with Gasteiger partial charge in [0.25, 0.3) is 0 Å². The zero-order chi connectivity index (χ0) is 24.8. The van der Waals surface area contributed by atoms with E-state index in [1.54, 1.807) is 31.4 Å². The summed E-state index contributed by atoms with van der Waals surface area (Å²) in [7, 11) is -2.00. The molecule has 6 nitrogen and oxygen atoms in total. The Morgan fingerprint density at radius 2 is 1.63 bits per heavy atom. The third-order valence-corrected chi connectivity index (χ3v) is 8.69. The van der Waals surface area contributed by atoms with E-state index < -0.39 is 10.0 Å². The fraction of sp³-hybridized carbons (Fsp3) is 0.308. The van der Waals surface area contributed by atoms with E-state index in [9.17, 15) is 8.42 Å². The SMILES string of the molecule is COc1cccc(CO[C@@H](CN2CCN(S(=O)(=O)c3ccccc3Cl)CC2)c2ccc(Cl)cc2)c1. The van der Waals surface area contributed by atoms with Gasteiger partial charge in [-0.1, -0.05) is 59.6 Å². The summed E-state index contributed by atoms with van der Waals surface area (Å²) in [5, 5.41) is 0.905. The van der Waals surface area contributed by atoms with Gasteiger partial charge < -0.3 is 9.47 Å². The molecule has 0 saturated carbocycles. The summed E-state index contributed by atoms with van der Waals surface area (Å²) in [5.41, 5.74) is 2.03. The lowest BCUT2D eigenvalue weighted by Gasteiger charge is -2.36. The van der Waals surface area contributed by atoms with E-state index in [-0.39, 0.29) is 16.0 Å². The lowest BCUT2D eigenvalue weighted by Crippen LogP contribution is -2.49. The normalized spacial score (nSPS) is 16.2. The summed E-state index contributed by atoms with van der Waals surface area (Å²) in [5.74, 6) is 0.782. The number of methoxy groups -OCH3 is 1. The largest absolute Gasteiger partial charge is 0.497 e. The summed E-state index contributed by atoms with van der Waals surface area (Å²) in [4.78, 5) is 2.37. The molecular formula is C26H28Cl2N2O4S. The zero-order valence-corrected chi connectivity index (χ0v) is 21.8. The van der Waals surface area contributed by atoms with Crippen LogP contribution >= 0.6 is 23.2 Å². The molecule has 1 atom stereocenters. The molecule has 9 heteroatoms. The molecule has 3 aromatic rings. The van der Waals surface area contributed by atoms with E-state index in [0.29, 0.717) is 44.4 Å². The highest BCUT2D eigenvalue weighted by molar-refractivity contribution is 7.89. The Kier molecular flexibility index (Phi) is 8.70. The number of rotatable bonds is 9. The van der Waals surface area contributed by atoms with Crippen molar-refractivity contribution in [3.63, 3.8) is 0 Å². The van der Waals surface area contributed by atoms with Gasteiger partial charge in [-0.2, -0.15) is 4.31 Å². The minimum Gasteiger partial charge on any atom is -0.497 e. The van der Waals surface area contributed by atoms with Crippen molar-refractivity contribution in [3.05, 3.63) is 94.0 Å². The van der Waals surface area contributed by atoms with E-state index >= 15 is 0 Å². The van der Waals surface area contributed by atoms with Crippen molar-refractivity contribution < 1.29 is 17.9 Å². The average molecular weight is 535 g/mol. The summed E-state index contributed by atoms with van der Waals surface area (Å²) in [6.45, 7) is 3.01. The summed E-state index contributed by atoms with van der Waals surface area (Å²) >= 11 is 12.3. The van der Waals surface area contributed by atoms with Crippen LogP contribution < -0.4 is 4.74 Å². The van der Waals surface area contributed by atoms with E-state index in [1.807, 2.05) is 48.5 Å². The Morgan fingerprint density at radius 3 is 2.31 bits per heavy atom. The first-order valence-corrected chi connectivity index (χ1v) is 13.5. The molecule has 0 amide bonds. The van der Waals surface area contributed by atoms with Crippen LogP contribution in [0.15, 0.2) is 77.7 Å². The average Bonchev–Trinajstić information content (AvgIpc) is 2.87. The van der Waals surface area contributed by atoms with Gasteiger partial charge in [0.05, 0.1) is 24.8 Å². The molecule has 0 radical (unpaired) electrons. The van der Waals surface area contributed by atoms with Crippen molar-refractivity contribution in [1.82, 2.24) is 9.21 Å². The topological polar surface area (TPSA) is 59.1 Å². The van der Waals surface area contributed by atoms with Gasteiger partial charge in [-0.25, -0.2) is 8.42 Å². The maximum Gasteiger partial charge on any atom is 0.244 e. The van der Waals surface area contributed by atoms with Gasteiger partial charge in [0.15, 0.2) is 0 Å². The third kappa shape index (κ3) is 6.55. The summed E-state index contributed by atoms with van der Waals surface area (Å²) in [6.07, 6.45) is -0.204. The first-order valence-electron chi connectivity index (χ1n) is 11.3. The van der Waals surface area contributed by atoms with Gasteiger partial charge >= 0.3 is 0 Å². The minimum absolute atomic E-state index is 0.149. The van der Waals surface area contributed by atoms with Crippen LogP contribution in [0.5, 0.6) is 5.75 Å². The number of hydrogen-bond acceptors (Lipinski definition) is 5. The number of nitrogens with zero attached hydrogens (tertiary/aromatic N) is 2. The second-order valence-corrected chi connectivity index (χ2v) is 11.1. The van der Waals surface area contributed by atoms with Crippen LogP contribution in [0.3, 0.4) is 0 Å². The lowest BCUT2D eigenvalue weighted by molar-refractivity contribution is 0.00767. The smallest absolute Gasteiger partial charge is 0.244 e. The predicted molar refractivity (Wildman–Crippen MR) is 139 cm³/mol. The van der Waals surface area contributed by atoms with Crippen molar-refractivity contribution >= 4 is 33.2 Å². The van der Waals surface area contributed by atoms with E-state index in [2.05, 4.69) is 4.90 Å². The zero-order valence-electron chi connectivity index (χ0n) is 19.4. The molecule has 0 aromatic heterocycles. The van der Waals surface area contributed by atoms with Crippen molar-refractivity contribution in [2.24, 2.45) is 0 Å². The Hall–Kier alpha value is -2.13. The first-order chi connectivity index (χ1) is 16.9. The van der Waals surface area contributed by atoms with E-state index in [1.165, 1.54) is 4.31 Å². The molecule has 1 aliphatic rings. The highest BCUT2D eigenvalue weighted by atomic mass is 35.5. The molecular weight excluding hydrogens is 507 g/mol. The molecule has 0 unspecified atom stereocenters. The quantitative estimate of drug-likeness (QED) is 0.374. The lowest BCUT2D eigenvalue weighted by atomic mass is 10.1. The Labute approximate surface area is 217 Å². The predicted octanol–water partition coefficient (Wildman–Crippen LogP) is 5.27. The van der Waals surface area contributed by atoms with Gasteiger partial charge in [0.2, 0.25) is 10.0 Å². The maximum absolute atomic E-state index is 13.1. The fourth-order valence-corrected chi connectivity index (χ4v) is 6.11. The van der Waals surface area contributed by atoms with Crippen LogP contribution in [0.1, 0.15) is 17.2 Å². The number of benzene rings is 3. The van der Waals surface area contributed by atoms with E-state index in [4.69, 9.17) is 32.7 Å². The highest BCUT2D eigenvalue weighted by Gasteiger charge is 2.31. The van der Waals surface area contributed by atoms with Gasteiger partial charge in [0, 0.05) is 37.7 Å². The molecule has 1 fully saturated rings. The van der Waals surface area contributed by atoms with Crippen LogP contribution in [0.25, 0.3) is 0 Å². The number of hydrogen-bond donors (Lipinski definition) is 0. The van der Waals surface area contributed by atoms with Crippen molar-refractivity contribution in [1.29, 1.82) is 0 Å². The molecule has 186 valence electrons.